The smallest absolute Gasteiger partial charge is 0.231 e. The fourth-order valence-corrected chi connectivity index (χ4v) is 2.56. The van der Waals surface area contributed by atoms with Crippen LogP contribution in [0.4, 0.5) is 11.4 Å². The molecule has 1 aliphatic heterocycles. The van der Waals surface area contributed by atoms with E-state index in [0.717, 1.165) is 16.9 Å². The summed E-state index contributed by atoms with van der Waals surface area (Å²) in [6.45, 7) is 4.47. The molecule has 0 bridgehead atoms. The molecule has 1 aliphatic rings. The highest BCUT2D eigenvalue weighted by Crippen LogP contribution is 2.38. The molecule has 2 aromatic carbocycles. The molecule has 1 amide bonds. The fourth-order valence-electron chi connectivity index (χ4n) is 2.56. The Balaban J connectivity index is 0.00000225. The SMILES string of the molecule is Cc1cc(C)cc(OCCC(=O)Nc2cc3c(cc2N)OCO3)c1.Cl. The standard InChI is InChI=1S/C18H20N2O4.ClH/c1-11-5-12(2)7-13(6-11)22-4-3-18(21)20-15-9-17-16(8-14(15)19)23-10-24-17;/h5-9H,3-4,10,19H2,1-2H3,(H,20,21);1H. The van der Waals surface area contributed by atoms with Crippen molar-refractivity contribution in [3.63, 3.8) is 0 Å². The second-order valence-electron chi connectivity index (χ2n) is 5.76. The van der Waals surface area contributed by atoms with Gasteiger partial charge in [0, 0.05) is 12.1 Å². The van der Waals surface area contributed by atoms with Crippen molar-refractivity contribution in [2.24, 2.45) is 0 Å². The van der Waals surface area contributed by atoms with E-state index in [4.69, 9.17) is 19.9 Å². The van der Waals surface area contributed by atoms with Crippen LogP contribution in [0, 0.1) is 13.8 Å². The molecule has 0 atom stereocenters. The highest BCUT2D eigenvalue weighted by atomic mass is 35.5. The first kappa shape index (κ1) is 18.7. The van der Waals surface area contributed by atoms with Gasteiger partial charge < -0.3 is 25.3 Å². The molecule has 0 radical (unpaired) electrons. The molecule has 0 aliphatic carbocycles. The number of nitrogens with two attached hydrogens (primary N) is 1. The summed E-state index contributed by atoms with van der Waals surface area (Å²) in [6, 6.07) is 9.27. The number of aryl methyl sites for hydroxylation is 2. The van der Waals surface area contributed by atoms with Gasteiger partial charge in [-0.15, -0.1) is 12.4 Å². The van der Waals surface area contributed by atoms with E-state index < -0.39 is 0 Å². The lowest BCUT2D eigenvalue weighted by Crippen LogP contribution is -2.16. The number of hydrogen-bond acceptors (Lipinski definition) is 5. The number of anilines is 2. The van der Waals surface area contributed by atoms with Crippen molar-refractivity contribution in [1.29, 1.82) is 0 Å². The van der Waals surface area contributed by atoms with Crippen LogP contribution < -0.4 is 25.3 Å². The van der Waals surface area contributed by atoms with E-state index in [-0.39, 0.29) is 31.5 Å². The van der Waals surface area contributed by atoms with Crippen molar-refractivity contribution in [3.05, 3.63) is 41.5 Å². The van der Waals surface area contributed by atoms with Crippen molar-refractivity contribution >= 4 is 29.7 Å². The van der Waals surface area contributed by atoms with Crippen molar-refractivity contribution in [1.82, 2.24) is 0 Å². The van der Waals surface area contributed by atoms with Gasteiger partial charge in [-0.2, -0.15) is 0 Å². The Morgan fingerprint density at radius 1 is 1.12 bits per heavy atom. The van der Waals surface area contributed by atoms with E-state index >= 15 is 0 Å². The lowest BCUT2D eigenvalue weighted by Gasteiger charge is -2.11. The third-order valence-corrected chi connectivity index (χ3v) is 3.61. The summed E-state index contributed by atoms with van der Waals surface area (Å²) in [5, 5.41) is 2.77. The molecule has 0 saturated heterocycles. The summed E-state index contributed by atoms with van der Waals surface area (Å²) >= 11 is 0. The highest BCUT2D eigenvalue weighted by molar-refractivity contribution is 5.94. The molecular formula is C18H21ClN2O4. The summed E-state index contributed by atoms with van der Waals surface area (Å²) in [6.07, 6.45) is 0.223. The van der Waals surface area contributed by atoms with Crippen molar-refractivity contribution < 1.29 is 19.0 Å². The molecule has 0 unspecified atom stereocenters. The topological polar surface area (TPSA) is 82.8 Å². The molecule has 7 heteroatoms. The molecule has 134 valence electrons. The molecule has 1 heterocycles. The Kier molecular flexibility index (Phi) is 5.98. The molecule has 25 heavy (non-hydrogen) atoms. The lowest BCUT2D eigenvalue weighted by molar-refractivity contribution is -0.116. The number of carbonyl (C=O) groups is 1. The van der Waals surface area contributed by atoms with Gasteiger partial charge in [-0.05, 0) is 37.1 Å². The zero-order chi connectivity index (χ0) is 17.1. The van der Waals surface area contributed by atoms with Gasteiger partial charge in [-0.1, -0.05) is 6.07 Å². The number of fused-ring (bicyclic) bond motifs is 1. The number of ether oxygens (including phenoxy) is 3. The third kappa shape index (κ3) is 4.70. The van der Waals surface area contributed by atoms with Crippen molar-refractivity contribution in [3.8, 4) is 17.2 Å². The van der Waals surface area contributed by atoms with Gasteiger partial charge in [-0.3, -0.25) is 4.79 Å². The van der Waals surface area contributed by atoms with E-state index in [9.17, 15) is 4.79 Å². The van der Waals surface area contributed by atoms with Crippen molar-refractivity contribution in [2.45, 2.75) is 20.3 Å². The first-order valence-electron chi connectivity index (χ1n) is 7.71. The van der Waals surface area contributed by atoms with Crippen LogP contribution in [0.25, 0.3) is 0 Å². The van der Waals surface area contributed by atoms with E-state index in [2.05, 4.69) is 11.4 Å². The second kappa shape index (κ2) is 7.98. The molecule has 0 saturated carbocycles. The number of carbonyl (C=O) groups excluding carboxylic acids is 1. The van der Waals surface area contributed by atoms with Gasteiger partial charge >= 0.3 is 0 Å². The zero-order valence-corrected chi connectivity index (χ0v) is 14.9. The molecule has 2 aromatic rings. The lowest BCUT2D eigenvalue weighted by atomic mass is 10.1. The van der Waals surface area contributed by atoms with E-state index in [1.165, 1.54) is 0 Å². The van der Waals surface area contributed by atoms with Gasteiger partial charge in [0.25, 0.3) is 0 Å². The maximum Gasteiger partial charge on any atom is 0.231 e. The summed E-state index contributed by atoms with van der Waals surface area (Å²) in [7, 11) is 0. The van der Waals surface area contributed by atoms with Crippen LogP contribution in [-0.4, -0.2) is 19.3 Å². The highest BCUT2D eigenvalue weighted by Gasteiger charge is 2.17. The average Bonchev–Trinajstić information content (AvgIpc) is 2.93. The maximum absolute atomic E-state index is 12.1. The summed E-state index contributed by atoms with van der Waals surface area (Å²) in [4.78, 5) is 12.1. The van der Waals surface area contributed by atoms with Crippen molar-refractivity contribution in [2.75, 3.05) is 24.5 Å². The first-order chi connectivity index (χ1) is 11.5. The van der Waals surface area contributed by atoms with Gasteiger partial charge in [0.2, 0.25) is 12.7 Å². The molecular weight excluding hydrogens is 344 g/mol. The average molecular weight is 365 g/mol. The molecule has 0 fully saturated rings. The third-order valence-electron chi connectivity index (χ3n) is 3.61. The molecule has 0 aromatic heterocycles. The first-order valence-corrected chi connectivity index (χ1v) is 7.71. The minimum absolute atomic E-state index is 0. The monoisotopic (exact) mass is 364 g/mol. The summed E-state index contributed by atoms with van der Waals surface area (Å²) < 4.78 is 16.2. The Bertz CT molecular complexity index is 760. The Morgan fingerprint density at radius 2 is 1.76 bits per heavy atom. The minimum Gasteiger partial charge on any atom is -0.493 e. The van der Waals surface area contributed by atoms with Crippen LogP contribution in [0.2, 0.25) is 0 Å². The van der Waals surface area contributed by atoms with Gasteiger partial charge in [-0.25, -0.2) is 0 Å². The summed E-state index contributed by atoms with van der Waals surface area (Å²) in [5.74, 6) is 1.75. The number of rotatable bonds is 5. The summed E-state index contributed by atoms with van der Waals surface area (Å²) in [5.41, 5.74) is 9.11. The zero-order valence-electron chi connectivity index (χ0n) is 14.1. The largest absolute Gasteiger partial charge is 0.493 e. The van der Waals surface area contributed by atoms with E-state index in [1.807, 2.05) is 26.0 Å². The van der Waals surface area contributed by atoms with Crippen LogP contribution in [-0.2, 0) is 4.79 Å². The number of amides is 1. The minimum atomic E-state index is -0.176. The van der Waals surface area contributed by atoms with E-state index in [1.54, 1.807) is 12.1 Å². The normalized spacial score (nSPS) is 11.6. The molecule has 3 rings (SSSR count). The predicted octanol–water partition coefficient (Wildman–Crippen LogP) is 3.44. The van der Waals surface area contributed by atoms with Crippen LogP contribution in [0.1, 0.15) is 17.5 Å². The fraction of sp³-hybridized carbons (Fsp3) is 0.278. The number of benzene rings is 2. The maximum atomic E-state index is 12.1. The molecule has 3 N–H and O–H groups in total. The quantitative estimate of drug-likeness (QED) is 0.794. The number of hydrogen-bond donors (Lipinski definition) is 2. The number of nitrogens with one attached hydrogen (secondary N) is 1. The Labute approximate surface area is 152 Å². The van der Waals surface area contributed by atoms with Gasteiger partial charge in [0.15, 0.2) is 11.5 Å². The van der Waals surface area contributed by atoms with Gasteiger partial charge in [0.05, 0.1) is 24.4 Å². The van der Waals surface area contributed by atoms with Crippen LogP contribution in [0.5, 0.6) is 17.2 Å². The van der Waals surface area contributed by atoms with Gasteiger partial charge in [0.1, 0.15) is 5.75 Å². The molecule has 0 spiro atoms. The number of nitrogen functional groups attached to an aromatic ring is 1. The second-order valence-corrected chi connectivity index (χ2v) is 5.76. The predicted molar refractivity (Wildman–Crippen MR) is 98.9 cm³/mol. The van der Waals surface area contributed by atoms with Crippen LogP contribution in [0.15, 0.2) is 30.3 Å². The van der Waals surface area contributed by atoms with E-state index in [0.29, 0.717) is 29.5 Å². The Morgan fingerprint density at radius 3 is 2.44 bits per heavy atom. The molecule has 6 nitrogen and oxygen atoms in total. The van der Waals surface area contributed by atoms with Crippen LogP contribution >= 0.6 is 12.4 Å². The Hall–Kier alpha value is -2.60. The van der Waals surface area contributed by atoms with Crippen LogP contribution in [0.3, 0.4) is 0 Å². The number of halogens is 1.